The molecule has 1 aromatic heterocycles. The highest BCUT2D eigenvalue weighted by Crippen LogP contribution is 2.34. The fourth-order valence-electron chi connectivity index (χ4n) is 5.07. The number of anilines is 1. The molecule has 0 atom stereocenters. The van der Waals surface area contributed by atoms with Gasteiger partial charge < -0.3 is 14.4 Å². The Kier molecular flexibility index (Phi) is 9.14. The SMILES string of the molecule is CCOc1cc(C)c(-c2nc3ccccc3c(=O)n2N=Cc2ccc(N(C)C)cc2OCc2ccc(C)cc2)cc1C(C)C. The Bertz CT molecular complexity index is 1870. The van der Waals surface area contributed by atoms with E-state index in [2.05, 4.69) is 51.1 Å². The van der Waals surface area contributed by atoms with Crippen molar-refractivity contribution in [2.45, 2.75) is 47.1 Å². The van der Waals surface area contributed by atoms with Crippen LogP contribution < -0.4 is 19.9 Å². The van der Waals surface area contributed by atoms with Crippen molar-refractivity contribution >= 4 is 22.8 Å². The Morgan fingerprint density at radius 2 is 1.68 bits per heavy atom. The van der Waals surface area contributed by atoms with E-state index in [1.165, 1.54) is 10.2 Å². The summed E-state index contributed by atoms with van der Waals surface area (Å²) in [6.45, 7) is 11.3. The first-order chi connectivity index (χ1) is 21.2. The number of ether oxygens (including phenoxy) is 2. The second kappa shape index (κ2) is 13.2. The summed E-state index contributed by atoms with van der Waals surface area (Å²) < 4.78 is 13.7. The molecule has 0 bridgehead atoms. The highest BCUT2D eigenvalue weighted by atomic mass is 16.5. The molecule has 0 fully saturated rings. The zero-order valence-electron chi connectivity index (χ0n) is 26.6. The molecule has 0 aliphatic heterocycles. The van der Waals surface area contributed by atoms with Crippen LogP contribution in [0.15, 0.2) is 88.8 Å². The van der Waals surface area contributed by atoms with Gasteiger partial charge in [0, 0.05) is 37.0 Å². The summed E-state index contributed by atoms with van der Waals surface area (Å²) in [5, 5.41) is 5.27. The Morgan fingerprint density at radius 3 is 2.39 bits per heavy atom. The molecule has 0 unspecified atom stereocenters. The van der Waals surface area contributed by atoms with Gasteiger partial charge in [0.15, 0.2) is 5.82 Å². The maximum atomic E-state index is 14.0. The van der Waals surface area contributed by atoms with Crippen LogP contribution in [0.4, 0.5) is 5.69 Å². The van der Waals surface area contributed by atoms with Crippen LogP contribution in [0.25, 0.3) is 22.3 Å². The van der Waals surface area contributed by atoms with Crippen LogP contribution in [0.5, 0.6) is 11.5 Å². The lowest BCUT2D eigenvalue weighted by atomic mass is 9.96. The summed E-state index contributed by atoms with van der Waals surface area (Å²) in [6, 6.07) is 25.7. The van der Waals surface area contributed by atoms with Crippen LogP contribution in [0.1, 0.15) is 54.5 Å². The lowest BCUT2D eigenvalue weighted by Gasteiger charge is -2.18. The average molecular weight is 589 g/mol. The van der Waals surface area contributed by atoms with Crippen LogP contribution in [0, 0.1) is 13.8 Å². The summed E-state index contributed by atoms with van der Waals surface area (Å²) in [4.78, 5) is 20.9. The maximum absolute atomic E-state index is 14.0. The van der Waals surface area contributed by atoms with Gasteiger partial charge >= 0.3 is 0 Å². The van der Waals surface area contributed by atoms with E-state index in [9.17, 15) is 4.79 Å². The van der Waals surface area contributed by atoms with E-state index in [0.29, 0.717) is 35.7 Å². The third-order valence-corrected chi connectivity index (χ3v) is 7.61. The van der Waals surface area contributed by atoms with Crippen molar-refractivity contribution in [2.24, 2.45) is 5.10 Å². The number of benzene rings is 4. The number of fused-ring (bicyclic) bond motifs is 1. The number of rotatable bonds is 10. The van der Waals surface area contributed by atoms with Crippen molar-refractivity contribution in [2.75, 3.05) is 25.6 Å². The van der Waals surface area contributed by atoms with Gasteiger partial charge in [0.25, 0.3) is 5.56 Å². The molecule has 5 rings (SSSR count). The van der Waals surface area contributed by atoms with E-state index in [1.807, 2.05) is 75.3 Å². The third kappa shape index (κ3) is 6.52. The topological polar surface area (TPSA) is 69.0 Å². The first-order valence-corrected chi connectivity index (χ1v) is 15.0. The molecule has 4 aromatic carbocycles. The van der Waals surface area contributed by atoms with Crippen molar-refractivity contribution in [1.29, 1.82) is 0 Å². The minimum Gasteiger partial charge on any atom is -0.494 e. The minimum atomic E-state index is -0.242. The van der Waals surface area contributed by atoms with Crippen LogP contribution in [-0.4, -0.2) is 36.6 Å². The van der Waals surface area contributed by atoms with Crippen LogP contribution in [0.3, 0.4) is 0 Å². The fraction of sp³-hybridized carbons (Fsp3) is 0.270. The van der Waals surface area contributed by atoms with Crippen LogP contribution >= 0.6 is 0 Å². The number of aryl methyl sites for hydroxylation is 2. The zero-order valence-corrected chi connectivity index (χ0v) is 26.6. The highest BCUT2D eigenvalue weighted by molar-refractivity contribution is 5.85. The number of para-hydroxylation sites is 1. The van der Waals surface area contributed by atoms with Gasteiger partial charge in [0.1, 0.15) is 18.1 Å². The molecule has 5 aromatic rings. The maximum Gasteiger partial charge on any atom is 0.282 e. The number of aromatic nitrogens is 2. The monoisotopic (exact) mass is 588 g/mol. The minimum absolute atomic E-state index is 0.212. The summed E-state index contributed by atoms with van der Waals surface area (Å²) >= 11 is 0. The number of hydrogen-bond donors (Lipinski definition) is 0. The highest BCUT2D eigenvalue weighted by Gasteiger charge is 2.19. The molecule has 0 N–H and O–H groups in total. The quantitative estimate of drug-likeness (QED) is 0.156. The molecule has 0 aliphatic carbocycles. The molecule has 0 saturated heterocycles. The first kappa shape index (κ1) is 30.5. The first-order valence-electron chi connectivity index (χ1n) is 15.0. The van der Waals surface area contributed by atoms with Gasteiger partial charge in [-0.05, 0) is 79.8 Å². The average Bonchev–Trinajstić information content (AvgIpc) is 3.00. The predicted molar refractivity (Wildman–Crippen MR) is 181 cm³/mol. The lowest BCUT2D eigenvalue weighted by Crippen LogP contribution is -2.21. The van der Waals surface area contributed by atoms with Crippen molar-refractivity contribution in [1.82, 2.24) is 9.66 Å². The molecule has 226 valence electrons. The fourth-order valence-corrected chi connectivity index (χ4v) is 5.07. The molecule has 0 saturated carbocycles. The molecular weight excluding hydrogens is 548 g/mol. The van der Waals surface area contributed by atoms with E-state index in [0.717, 1.165) is 39.3 Å². The van der Waals surface area contributed by atoms with Crippen LogP contribution in [0.2, 0.25) is 0 Å². The third-order valence-electron chi connectivity index (χ3n) is 7.61. The zero-order chi connectivity index (χ0) is 31.4. The lowest BCUT2D eigenvalue weighted by molar-refractivity contribution is 0.306. The van der Waals surface area contributed by atoms with Crippen LogP contribution in [-0.2, 0) is 6.61 Å². The van der Waals surface area contributed by atoms with Gasteiger partial charge in [-0.1, -0.05) is 55.8 Å². The molecule has 0 aliphatic rings. The molecule has 1 heterocycles. The smallest absolute Gasteiger partial charge is 0.282 e. The molecule has 0 spiro atoms. The summed E-state index contributed by atoms with van der Waals surface area (Å²) in [6.07, 6.45) is 1.68. The van der Waals surface area contributed by atoms with E-state index >= 15 is 0 Å². The molecule has 7 nitrogen and oxygen atoms in total. The number of nitrogens with zero attached hydrogens (tertiary/aromatic N) is 4. The van der Waals surface area contributed by atoms with Gasteiger partial charge in [-0.3, -0.25) is 4.79 Å². The summed E-state index contributed by atoms with van der Waals surface area (Å²) in [7, 11) is 3.98. The van der Waals surface area contributed by atoms with E-state index < -0.39 is 0 Å². The number of hydrogen-bond acceptors (Lipinski definition) is 6. The van der Waals surface area contributed by atoms with Crippen molar-refractivity contribution < 1.29 is 9.47 Å². The van der Waals surface area contributed by atoms with Crippen molar-refractivity contribution in [3.05, 3.63) is 117 Å². The Hall–Kier alpha value is -4.91. The van der Waals surface area contributed by atoms with Gasteiger partial charge in [-0.25, -0.2) is 4.98 Å². The van der Waals surface area contributed by atoms with E-state index in [1.54, 1.807) is 12.3 Å². The van der Waals surface area contributed by atoms with Gasteiger partial charge in [-0.2, -0.15) is 9.78 Å². The predicted octanol–water partition coefficient (Wildman–Crippen LogP) is 7.73. The normalized spacial score (nSPS) is 11.5. The molecule has 7 heteroatoms. The second-order valence-corrected chi connectivity index (χ2v) is 11.5. The second-order valence-electron chi connectivity index (χ2n) is 11.5. The summed E-state index contributed by atoms with van der Waals surface area (Å²) in [5.74, 6) is 2.20. The van der Waals surface area contributed by atoms with E-state index in [-0.39, 0.29) is 11.5 Å². The Balaban J connectivity index is 1.64. The Morgan fingerprint density at radius 1 is 0.932 bits per heavy atom. The van der Waals surface area contributed by atoms with Gasteiger partial charge in [0.05, 0.1) is 23.7 Å². The standard InChI is InChI=1S/C37H40N4O3/c1-8-43-35-19-26(5)32(21-31(35)24(2)3)36-39-33-12-10-9-11-30(33)37(42)41(36)38-22-28-17-18-29(40(6)7)20-34(28)44-23-27-15-13-25(4)14-16-27/h9-22,24H,8,23H2,1-7H3. The molecule has 0 radical (unpaired) electrons. The van der Waals surface area contributed by atoms with E-state index in [4.69, 9.17) is 19.6 Å². The van der Waals surface area contributed by atoms with Gasteiger partial charge in [-0.15, -0.1) is 0 Å². The molecular formula is C37H40N4O3. The van der Waals surface area contributed by atoms with Crippen molar-refractivity contribution in [3.8, 4) is 22.9 Å². The largest absolute Gasteiger partial charge is 0.494 e. The molecule has 0 amide bonds. The summed E-state index contributed by atoms with van der Waals surface area (Å²) in [5.41, 5.74) is 7.22. The Labute approximate surface area is 259 Å². The van der Waals surface area contributed by atoms with Gasteiger partial charge in [0.2, 0.25) is 0 Å². The molecule has 44 heavy (non-hydrogen) atoms. The van der Waals surface area contributed by atoms with Crippen molar-refractivity contribution in [3.63, 3.8) is 0 Å².